The predicted octanol–water partition coefficient (Wildman–Crippen LogP) is 11.5. The molecule has 0 aliphatic heterocycles. The number of unbranched alkanes of at least 4 members (excludes halogenated alkanes) is 22. The van der Waals surface area contributed by atoms with Gasteiger partial charge < -0.3 is 9.47 Å². The number of carbonyl (C=O) groups is 1. The Bertz CT molecular complexity index is 629. The van der Waals surface area contributed by atoms with E-state index in [0.29, 0.717) is 12.5 Å². The third-order valence-corrected chi connectivity index (χ3v) is 8.10. The van der Waals surface area contributed by atoms with Crippen LogP contribution < -0.4 is 0 Å². The summed E-state index contributed by atoms with van der Waals surface area (Å²) in [6.07, 6.45) is 33.8. The summed E-state index contributed by atoms with van der Waals surface area (Å²) in [7, 11) is 1.47. The van der Waals surface area contributed by atoms with Crippen molar-refractivity contribution >= 4 is 5.97 Å². The lowest BCUT2D eigenvalue weighted by Gasteiger charge is -2.13. The first-order chi connectivity index (χ1) is 19.2. The van der Waals surface area contributed by atoms with Gasteiger partial charge in [-0.25, -0.2) is 0 Å². The number of carbonyl (C=O) groups excluding carboxylic acids is 1. The molecule has 0 fully saturated rings. The Labute approximate surface area is 243 Å². The second-order valence-corrected chi connectivity index (χ2v) is 11.9. The minimum atomic E-state index is -0.0646. The van der Waals surface area contributed by atoms with Crippen LogP contribution in [0.15, 0.2) is 30.3 Å². The number of esters is 1. The number of hydrogen-bond donors (Lipinski definition) is 0. The molecular formula is C36H64O3. The van der Waals surface area contributed by atoms with Gasteiger partial charge in [-0.15, -0.1) is 0 Å². The van der Waals surface area contributed by atoms with Crippen LogP contribution in [-0.2, 0) is 20.9 Å². The summed E-state index contributed by atoms with van der Waals surface area (Å²) in [5.74, 6) is -0.0646. The van der Waals surface area contributed by atoms with Crippen molar-refractivity contribution in [3.8, 4) is 0 Å². The predicted molar refractivity (Wildman–Crippen MR) is 168 cm³/mol. The summed E-state index contributed by atoms with van der Waals surface area (Å²) in [6.45, 7) is 2.96. The Morgan fingerprint density at radius 3 is 1.31 bits per heavy atom. The molecule has 0 spiro atoms. The third kappa shape index (κ3) is 25.4. The van der Waals surface area contributed by atoms with E-state index >= 15 is 0 Å². The highest BCUT2D eigenvalue weighted by atomic mass is 16.5. The second kappa shape index (κ2) is 28.2. The minimum absolute atomic E-state index is 0.0646. The molecule has 0 aliphatic rings. The molecule has 1 atom stereocenters. The maximum absolute atomic E-state index is 11.1. The van der Waals surface area contributed by atoms with Crippen molar-refractivity contribution in [1.29, 1.82) is 0 Å². The van der Waals surface area contributed by atoms with E-state index in [-0.39, 0.29) is 5.97 Å². The molecule has 39 heavy (non-hydrogen) atoms. The normalized spacial score (nSPS) is 12.1. The van der Waals surface area contributed by atoms with E-state index in [2.05, 4.69) is 42.0 Å². The van der Waals surface area contributed by atoms with E-state index in [1.54, 1.807) is 0 Å². The van der Waals surface area contributed by atoms with Gasteiger partial charge in [-0.2, -0.15) is 0 Å². The maximum atomic E-state index is 11.1. The lowest BCUT2D eigenvalue weighted by molar-refractivity contribution is -0.140. The lowest BCUT2D eigenvalue weighted by atomic mass is 10.0. The highest BCUT2D eigenvalue weighted by molar-refractivity contribution is 5.68. The van der Waals surface area contributed by atoms with Crippen LogP contribution in [0, 0.1) is 0 Å². The van der Waals surface area contributed by atoms with Crippen molar-refractivity contribution < 1.29 is 14.3 Å². The van der Waals surface area contributed by atoms with E-state index < -0.39 is 0 Å². The highest BCUT2D eigenvalue weighted by Gasteiger charge is 2.03. The molecule has 0 amide bonds. The molecule has 0 saturated heterocycles. The number of benzene rings is 1. The van der Waals surface area contributed by atoms with Crippen molar-refractivity contribution in [2.45, 2.75) is 180 Å². The van der Waals surface area contributed by atoms with Gasteiger partial charge in [0.15, 0.2) is 0 Å². The van der Waals surface area contributed by atoms with Crippen LogP contribution in [0.5, 0.6) is 0 Å². The van der Waals surface area contributed by atoms with Gasteiger partial charge in [0.25, 0.3) is 0 Å². The number of rotatable bonds is 29. The second-order valence-electron chi connectivity index (χ2n) is 11.9. The molecular weight excluding hydrogens is 480 g/mol. The molecule has 3 heteroatoms. The molecule has 0 aromatic heterocycles. The van der Waals surface area contributed by atoms with Crippen LogP contribution in [0.4, 0.5) is 0 Å². The Hall–Kier alpha value is -1.35. The zero-order chi connectivity index (χ0) is 28.1. The summed E-state index contributed by atoms with van der Waals surface area (Å²) in [6, 6.07) is 10.5. The summed E-state index contributed by atoms with van der Waals surface area (Å²) in [4.78, 5) is 11.1. The van der Waals surface area contributed by atoms with Crippen LogP contribution in [0.1, 0.15) is 173 Å². The fourth-order valence-electron chi connectivity index (χ4n) is 5.41. The molecule has 1 rings (SSSR count). The average molecular weight is 545 g/mol. The van der Waals surface area contributed by atoms with E-state index in [0.717, 1.165) is 13.0 Å². The number of hydrogen-bond acceptors (Lipinski definition) is 3. The van der Waals surface area contributed by atoms with E-state index in [4.69, 9.17) is 4.74 Å². The molecule has 0 N–H and O–H groups in total. The zero-order valence-corrected chi connectivity index (χ0v) is 26.1. The largest absolute Gasteiger partial charge is 0.469 e. The SMILES string of the molecule is COC(=O)CCCCCCCCCCCCCCCCCCCCCCCCCC(C)OCc1ccccc1. The van der Waals surface area contributed by atoms with Crippen molar-refractivity contribution in [3.05, 3.63) is 35.9 Å². The molecule has 0 bridgehead atoms. The Morgan fingerprint density at radius 1 is 0.564 bits per heavy atom. The van der Waals surface area contributed by atoms with Crippen LogP contribution in [0.25, 0.3) is 0 Å². The quantitative estimate of drug-likeness (QED) is 0.0743. The maximum Gasteiger partial charge on any atom is 0.305 e. The van der Waals surface area contributed by atoms with Gasteiger partial charge in [-0.05, 0) is 25.3 Å². The third-order valence-electron chi connectivity index (χ3n) is 8.10. The summed E-state index contributed by atoms with van der Waals surface area (Å²) < 4.78 is 10.7. The van der Waals surface area contributed by atoms with Gasteiger partial charge in [-0.1, -0.05) is 172 Å². The summed E-state index contributed by atoms with van der Waals surface area (Å²) in [5, 5.41) is 0. The molecule has 3 nitrogen and oxygen atoms in total. The van der Waals surface area contributed by atoms with Gasteiger partial charge in [0.2, 0.25) is 0 Å². The Kier molecular flexibility index (Phi) is 25.8. The zero-order valence-electron chi connectivity index (χ0n) is 26.1. The van der Waals surface area contributed by atoms with Crippen LogP contribution in [0.2, 0.25) is 0 Å². The summed E-state index contributed by atoms with van der Waals surface area (Å²) in [5.41, 5.74) is 1.27. The molecule has 1 aromatic rings. The summed E-state index contributed by atoms with van der Waals surface area (Å²) >= 11 is 0. The molecule has 0 heterocycles. The Morgan fingerprint density at radius 2 is 0.923 bits per heavy atom. The number of methoxy groups -OCH3 is 1. The molecule has 0 aliphatic carbocycles. The van der Waals surface area contributed by atoms with Crippen LogP contribution in [-0.4, -0.2) is 19.2 Å². The minimum Gasteiger partial charge on any atom is -0.469 e. The average Bonchev–Trinajstić information content (AvgIpc) is 2.96. The standard InChI is InChI=1S/C36H64O3/c1-34(39-33-35-30-26-24-27-31-35)29-25-22-20-18-16-14-12-10-8-6-4-3-5-7-9-11-13-15-17-19-21-23-28-32-36(37)38-2/h24,26-27,30-31,34H,3-23,25,28-29,32-33H2,1-2H3. The van der Waals surface area contributed by atoms with Gasteiger partial charge in [0.05, 0.1) is 19.8 Å². The topological polar surface area (TPSA) is 35.5 Å². The van der Waals surface area contributed by atoms with Crippen molar-refractivity contribution in [2.24, 2.45) is 0 Å². The fourth-order valence-corrected chi connectivity index (χ4v) is 5.41. The number of ether oxygens (including phenoxy) is 2. The van der Waals surface area contributed by atoms with Crippen molar-refractivity contribution in [2.75, 3.05) is 7.11 Å². The smallest absolute Gasteiger partial charge is 0.305 e. The van der Waals surface area contributed by atoms with Crippen LogP contribution in [0.3, 0.4) is 0 Å². The molecule has 0 saturated carbocycles. The highest BCUT2D eigenvalue weighted by Crippen LogP contribution is 2.16. The van der Waals surface area contributed by atoms with Crippen molar-refractivity contribution in [3.63, 3.8) is 0 Å². The Balaban J connectivity index is 1.67. The molecule has 1 unspecified atom stereocenters. The van der Waals surface area contributed by atoms with Crippen LogP contribution >= 0.6 is 0 Å². The first-order valence-electron chi connectivity index (χ1n) is 16.9. The van der Waals surface area contributed by atoms with Crippen molar-refractivity contribution in [1.82, 2.24) is 0 Å². The molecule has 1 aromatic carbocycles. The monoisotopic (exact) mass is 544 g/mol. The molecule has 0 radical (unpaired) electrons. The lowest BCUT2D eigenvalue weighted by Crippen LogP contribution is -2.07. The van der Waals surface area contributed by atoms with E-state index in [1.807, 2.05) is 0 Å². The first-order valence-corrected chi connectivity index (χ1v) is 16.9. The molecule has 226 valence electrons. The van der Waals surface area contributed by atoms with Gasteiger partial charge in [-0.3, -0.25) is 4.79 Å². The fraction of sp³-hybridized carbons (Fsp3) is 0.806. The van der Waals surface area contributed by atoms with Gasteiger partial charge in [0, 0.05) is 6.42 Å². The van der Waals surface area contributed by atoms with Gasteiger partial charge >= 0.3 is 5.97 Å². The van der Waals surface area contributed by atoms with Gasteiger partial charge in [0.1, 0.15) is 0 Å². The van der Waals surface area contributed by atoms with E-state index in [9.17, 15) is 4.79 Å². The first kappa shape index (κ1) is 35.7. The van der Waals surface area contributed by atoms with E-state index in [1.165, 1.54) is 160 Å².